The highest BCUT2D eigenvalue weighted by molar-refractivity contribution is 6.18. The fraction of sp³-hybridized carbons (Fsp3) is 0.206. The van der Waals surface area contributed by atoms with E-state index in [1.165, 1.54) is 77.2 Å². The van der Waals surface area contributed by atoms with Crippen molar-refractivity contribution in [2.24, 2.45) is 0 Å². The van der Waals surface area contributed by atoms with Crippen LogP contribution in [-0.4, -0.2) is 0 Å². The number of aryl methyl sites for hydroxylation is 4. The Morgan fingerprint density at radius 3 is 1.48 bits per heavy atom. The van der Waals surface area contributed by atoms with Crippen molar-refractivity contribution >= 4 is 77.6 Å². The van der Waals surface area contributed by atoms with Gasteiger partial charge in [-0.05, 0) is 189 Å². The lowest BCUT2D eigenvalue weighted by molar-refractivity contribution is 0.591. The lowest BCUT2D eigenvalue weighted by atomic mass is 9.86. The number of rotatable bonds is 6. The van der Waals surface area contributed by atoms with Crippen LogP contribution in [0.1, 0.15) is 86.1 Å². The number of furan rings is 1. The molecular weight excluding hydrogens is 801 g/mol. The number of benzene rings is 9. The first-order chi connectivity index (χ1) is 31.6. The molecule has 3 nitrogen and oxygen atoms in total. The van der Waals surface area contributed by atoms with Gasteiger partial charge in [-0.3, -0.25) is 0 Å². The van der Waals surface area contributed by atoms with Crippen molar-refractivity contribution in [1.82, 2.24) is 0 Å². The Bertz CT molecular complexity index is 3550. The van der Waals surface area contributed by atoms with Gasteiger partial charge in [0.25, 0.3) is 0 Å². The van der Waals surface area contributed by atoms with Crippen LogP contribution in [-0.2, 0) is 17.3 Å². The van der Waals surface area contributed by atoms with Crippen LogP contribution in [0.3, 0.4) is 0 Å². The van der Waals surface area contributed by atoms with Crippen LogP contribution < -0.4 is 9.80 Å². The first kappa shape index (κ1) is 41.6. The molecule has 11 rings (SSSR count). The van der Waals surface area contributed by atoms with E-state index in [-0.39, 0.29) is 10.8 Å². The number of anilines is 6. The molecular formula is C63H58N2O. The molecule has 0 bridgehead atoms. The Balaban J connectivity index is 1.09. The highest BCUT2D eigenvalue weighted by atomic mass is 16.3. The number of fused-ring (bicyclic) bond motifs is 9. The summed E-state index contributed by atoms with van der Waals surface area (Å²) < 4.78 is 7.05. The lowest BCUT2D eigenvalue weighted by Gasteiger charge is -2.28. The van der Waals surface area contributed by atoms with Gasteiger partial charge in [0.1, 0.15) is 11.2 Å². The van der Waals surface area contributed by atoms with Crippen LogP contribution in [0, 0.1) is 27.7 Å². The lowest BCUT2D eigenvalue weighted by Crippen LogP contribution is -2.12. The molecule has 0 aliphatic heterocycles. The molecule has 66 heavy (non-hydrogen) atoms. The Kier molecular flexibility index (Phi) is 9.61. The average Bonchev–Trinajstić information content (AvgIpc) is 3.83. The summed E-state index contributed by atoms with van der Waals surface area (Å²) in [6.07, 6.45) is 0.792. The number of nitrogens with zero attached hydrogens (tertiary/aromatic N) is 2. The Labute approximate surface area is 389 Å². The normalized spacial score (nSPS) is 12.6. The SMILES string of the molecule is Cc1cc(C)cc(N(c2ccc3c(c2)Cc2cc(N(c4cc(C)cc(C)c4)c4ccc5cc(C(C)(C)C)ccc5c4)c4c(oc5ccccc54)c2-3)c2ccc3cc(C(C)(C)C)ccc3c2)c1. The summed E-state index contributed by atoms with van der Waals surface area (Å²) in [4.78, 5) is 4.91. The van der Waals surface area contributed by atoms with Crippen LogP contribution in [0.5, 0.6) is 0 Å². The predicted molar refractivity (Wildman–Crippen MR) is 283 cm³/mol. The maximum atomic E-state index is 7.05. The molecule has 1 heterocycles. The molecule has 1 aliphatic carbocycles. The largest absolute Gasteiger partial charge is 0.455 e. The van der Waals surface area contributed by atoms with Crippen molar-refractivity contribution in [2.45, 2.75) is 86.5 Å². The molecule has 10 aromatic rings. The molecule has 3 heteroatoms. The predicted octanol–water partition coefficient (Wildman–Crippen LogP) is 18.2. The molecule has 0 unspecified atom stereocenters. The Morgan fingerprint density at radius 2 is 0.909 bits per heavy atom. The van der Waals surface area contributed by atoms with Crippen molar-refractivity contribution < 1.29 is 4.42 Å². The van der Waals surface area contributed by atoms with Gasteiger partial charge in [0.05, 0.1) is 11.1 Å². The Hall–Kier alpha value is -7.10. The van der Waals surface area contributed by atoms with E-state index in [0.29, 0.717) is 0 Å². The van der Waals surface area contributed by atoms with Crippen molar-refractivity contribution in [3.05, 3.63) is 202 Å². The fourth-order valence-electron chi connectivity index (χ4n) is 10.6. The number of hydrogen-bond donors (Lipinski definition) is 0. The van der Waals surface area contributed by atoms with E-state index in [4.69, 9.17) is 4.42 Å². The highest BCUT2D eigenvalue weighted by Crippen LogP contribution is 2.52. The minimum atomic E-state index is 0.0692. The van der Waals surface area contributed by atoms with Crippen molar-refractivity contribution in [3.63, 3.8) is 0 Å². The van der Waals surface area contributed by atoms with Gasteiger partial charge >= 0.3 is 0 Å². The molecule has 0 saturated heterocycles. The molecule has 0 N–H and O–H groups in total. The minimum Gasteiger partial charge on any atom is -0.455 e. The molecule has 0 atom stereocenters. The van der Waals surface area contributed by atoms with E-state index in [9.17, 15) is 0 Å². The minimum absolute atomic E-state index is 0.0692. The van der Waals surface area contributed by atoms with E-state index in [0.717, 1.165) is 62.5 Å². The summed E-state index contributed by atoms with van der Waals surface area (Å²) in [6, 6.07) is 59.6. The van der Waals surface area contributed by atoms with Crippen LogP contribution in [0.15, 0.2) is 162 Å². The first-order valence-electron chi connectivity index (χ1n) is 23.5. The van der Waals surface area contributed by atoms with Gasteiger partial charge in [-0.25, -0.2) is 0 Å². The van der Waals surface area contributed by atoms with Crippen LogP contribution in [0.25, 0.3) is 54.6 Å². The van der Waals surface area contributed by atoms with E-state index < -0.39 is 0 Å². The summed E-state index contributed by atoms with van der Waals surface area (Å²) in [5, 5.41) is 7.21. The molecule has 326 valence electrons. The van der Waals surface area contributed by atoms with Gasteiger partial charge < -0.3 is 14.2 Å². The standard InChI is InChI=1S/C63H58N2O/c1-38-25-39(2)28-53(27-38)64(50-21-17-42-32-48(62(5,6)7)19-15-44(42)34-50)51-23-24-55-46(36-51)31-47-37-57(60-56-13-11-12-14-58(56)66-61(60)59(47)55)65(54-29-40(3)26-41(4)30-54)52-22-18-43-33-49(63(8,9)10)20-16-45(43)35-52/h11-30,32-37H,31H2,1-10H3. The molecule has 1 aromatic heterocycles. The van der Waals surface area contributed by atoms with Crippen LogP contribution in [0.2, 0.25) is 0 Å². The average molecular weight is 859 g/mol. The second-order valence-electron chi connectivity index (χ2n) is 21.1. The van der Waals surface area contributed by atoms with E-state index >= 15 is 0 Å². The van der Waals surface area contributed by atoms with Gasteiger partial charge in [0.15, 0.2) is 0 Å². The fourth-order valence-corrected chi connectivity index (χ4v) is 10.6. The van der Waals surface area contributed by atoms with Crippen molar-refractivity contribution in [3.8, 4) is 11.1 Å². The van der Waals surface area contributed by atoms with Crippen molar-refractivity contribution in [2.75, 3.05) is 9.80 Å². The molecule has 0 spiro atoms. The van der Waals surface area contributed by atoms with Gasteiger partial charge in [-0.15, -0.1) is 0 Å². The van der Waals surface area contributed by atoms with Crippen LogP contribution in [0.4, 0.5) is 34.1 Å². The maximum absolute atomic E-state index is 7.05. The molecule has 0 radical (unpaired) electrons. The molecule has 9 aromatic carbocycles. The van der Waals surface area contributed by atoms with Gasteiger partial charge in [0, 0.05) is 39.4 Å². The quantitative estimate of drug-likeness (QED) is 0.166. The number of para-hydroxylation sites is 1. The zero-order valence-electron chi connectivity index (χ0n) is 40.0. The second-order valence-corrected chi connectivity index (χ2v) is 21.1. The van der Waals surface area contributed by atoms with Crippen LogP contribution >= 0.6 is 0 Å². The smallest absolute Gasteiger partial charge is 0.145 e. The monoisotopic (exact) mass is 858 g/mol. The summed E-state index contributed by atoms with van der Waals surface area (Å²) in [7, 11) is 0. The van der Waals surface area contributed by atoms with Gasteiger partial charge in [0.2, 0.25) is 0 Å². The summed E-state index contributed by atoms with van der Waals surface area (Å²) in [5.41, 5.74) is 21.4. The molecule has 0 saturated carbocycles. The summed E-state index contributed by atoms with van der Waals surface area (Å²) >= 11 is 0. The van der Waals surface area contributed by atoms with Crippen molar-refractivity contribution in [1.29, 1.82) is 0 Å². The topological polar surface area (TPSA) is 19.6 Å². The summed E-state index contributed by atoms with van der Waals surface area (Å²) in [5.74, 6) is 0. The number of hydrogen-bond acceptors (Lipinski definition) is 3. The third kappa shape index (κ3) is 7.22. The van der Waals surface area contributed by atoms with Gasteiger partial charge in [-0.2, -0.15) is 0 Å². The van der Waals surface area contributed by atoms with E-state index in [2.05, 4.69) is 237 Å². The van der Waals surface area contributed by atoms with E-state index in [1.54, 1.807) is 0 Å². The third-order valence-corrected chi connectivity index (χ3v) is 13.8. The highest BCUT2D eigenvalue weighted by Gasteiger charge is 2.30. The second kappa shape index (κ2) is 15.2. The zero-order valence-corrected chi connectivity index (χ0v) is 40.0. The maximum Gasteiger partial charge on any atom is 0.145 e. The van der Waals surface area contributed by atoms with E-state index in [1.807, 2.05) is 0 Å². The molecule has 0 amide bonds. The Morgan fingerprint density at radius 1 is 0.424 bits per heavy atom. The zero-order chi connectivity index (χ0) is 45.8. The molecule has 1 aliphatic rings. The van der Waals surface area contributed by atoms with Gasteiger partial charge in [-0.1, -0.05) is 126 Å². The first-order valence-corrected chi connectivity index (χ1v) is 23.5. The summed E-state index contributed by atoms with van der Waals surface area (Å²) in [6.45, 7) is 22.5. The molecule has 0 fully saturated rings. The third-order valence-electron chi connectivity index (χ3n) is 13.8.